The van der Waals surface area contributed by atoms with Crippen LogP contribution in [0.2, 0.25) is 0 Å². The Balaban J connectivity index is 1.51. The van der Waals surface area contributed by atoms with Gasteiger partial charge in [-0.25, -0.2) is 4.98 Å². The lowest BCUT2D eigenvalue weighted by Crippen LogP contribution is -2.39. The molecule has 2 aromatic carbocycles. The van der Waals surface area contributed by atoms with Crippen LogP contribution in [0.25, 0.3) is 15.9 Å². The van der Waals surface area contributed by atoms with Crippen molar-refractivity contribution >= 4 is 44.9 Å². The maximum absolute atomic E-state index is 13.4. The second-order valence-corrected chi connectivity index (χ2v) is 9.90. The van der Waals surface area contributed by atoms with E-state index in [1.54, 1.807) is 9.47 Å². The molecule has 0 bridgehead atoms. The summed E-state index contributed by atoms with van der Waals surface area (Å²) in [4.78, 5) is 33.2. The van der Waals surface area contributed by atoms with Gasteiger partial charge in [0.25, 0.3) is 5.56 Å². The lowest BCUT2D eigenvalue weighted by Gasteiger charge is -2.29. The van der Waals surface area contributed by atoms with Crippen LogP contribution in [-0.2, 0) is 4.79 Å². The smallest absolute Gasteiger partial charge is 0.276 e. The molecule has 8 heteroatoms. The Bertz CT molecular complexity index is 1440. The molecule has 2 aromatic heterocycles. The standard InChI is InChI=1S/C25H23N3O3S2/c1-15-7-8-21-20(13-15)27(10-11-31-21)22(29)14-33-25-26-18-9-12-32-23(18)24(30)28(25)19-6-4-5-16(2)17(19)3/h4-9,12-13H,10-11,14H2,1-3H3. The van der Waals surface area contributed by atoms with E-state index in [0.717, 1.165) is 33.8 Å². The predicted molar refractivity (Wildman–Crippen MR) is 134 cm³/mol. The van der Waals surface area contributed by atoms with Crippen molar-refractivity contribution in [2.75, 3.05) is 23.8 Å². The van der Waals surface area contributed by atoms with Gasteiger partial charge < -0.3 is 9.64 Å². The molecular weight excluding hydrogens is 454 g/mol. The van der Waals surface area contributed by atoms with Crippen LogP contribution in [0.1, 0.15) is 16.7 Å². The highest BCUT2D eigenvalue weighted by Crippen LogP contribution is 2.33. The summed E-state index contributed by atoms with van der Waals surface area (Å²) in [6.45, 7) is 6.97. The summed E-state index contributed by atoms with van der Waals surface area (Å²) in [5.41, 5.74) is 5.32. The molecule has 6 nitrogen and oxygen atoms in total. The van der Waals surface area contributed by atoms with Gasteiger partial charge in [-0.2, -0.15) is 0 Å². The summed E-state index contributed by atoms with van der Waals surface area (Å²) >= 11 is 2.68. The molecule has 0 saturated heterocycles. The van der Waals surface area contributed by atoms with Gasteiger partial charge in [0.05, 0.1) is 29.2 Å². The second-order valence-electron chi connectivity index (χ2n) is 8.04. The number of thiophene rings is 1. The van der Waals surface area contributed by atoms with Crippen LogP contribution in [0.15, 0.2) is 57.8 Å². The Hall–Kier alpha value is -3.10. The molecule has 0 aliphatic carbocycles. The molecule has 33 heavy (non-hydrogen) atoms. The molecule has 4 aromatic rings. The van der Waals surface area contributed by atoms with Gasteiger partial charge in [0.1, 0.15) is 17.1 Å². The maximum atomic E-state index is 13.4. The monoisotopic (exact) mass is 477 g/mol. The third kappa shape index (κ3) is 3.94. The number of nitrogens with zero attached hydrogens (tertiary/aromatic N) is 3. The van der Waals surface area contributed by atoms with Crippen LogP contribution in [0.3, 0.4) is 0 Å². The number of aryl methyl sites for hydroxylation is 2. The molecule has 1 aliphatic rings. The molecule has 0 saturated carbocycles. The maximum Gasteiger partial charge on any atom is 0.276 e. The zero-order valence-corrected chi connectivity index (χ0v) is 20.3. The lowest BCUT2D eigenvalue weighted by molar-refractivity contribution is -0.116. The number of hydrogen-bond acceptors (Lipinski definition) is 6. The molecule has 1 amide bonds. The van der Waals surface area contributed by atoms with Crippen LogP contribution in [0, 0.1) is 20.8 Å². The van der Waals surface area contributed by atoms with Gasteiger partial charge in [0.2, 0.25) is 5.91 Å². The van der Waals surface area contributed by atoms with Crippen molar-refractivity contribution < 1.29 is 9.53 Å². The van der Waals surface area contributed by atoms with Crippen molar-refractivity contribution in [3.63, 3.8) is 0 Å². The number of carbonyl (C=O) groups is 1. The fraction of sp³-hybridized carbons (Fsp3) is 0.240. The molecule has 0 atom stereocenters. The van der Waals surface area contributed by atoms with Gasteiger partial charge in [-0.15, -0.1) is 11.3 Å². The molecule has 1 aliphatic heterocycles. The summed E-state index contributed by atoms with van der Waals surface area (Å²) in [6, 6.07) is 13.6. The fourth-order valence-corrected chi connectivity index (χ4v) is 5.61. The first kappa shape index (κ1) is 21.7. The number of thioether (sulfide) groups is 1. The number of ether oxygens (including phenoxy) is 1. The van der Waals surface area contributed by atoms with E-state index in [1.807, 2.05) is 68.6 Å². The van der Waals surface area contributed by atoms with Gasteiger partial charge in [0.15, 0.2) is 5.16 Å². The van der Waals surface area contributed by atoms with Crippen LogP contribution in [0.4, 0.5) is 5.69 Å². The first-order valence-electron chi connectivity index (χ1n) is 10.7. The average Bonchev–Trinajstić information content (AvgIpc) is 3.28. The van der Waals surface area contributed by atoms with E-state index in [0.29, 0.717) is 28.5 Å². The van der Waals surface area contributed by atoms with Crippen molar-refractivity contribution in [1.29, 1.82) is 0 Å². The number of benzene rings is 2. The Labute approximate surface area is 199 Å². The Morgan fingerprint density at radius 1 is 1.15 bits per heavy atom. The number of aromatic nitrogens is 2. The van der Waals surface area contributed by atoms with Gasteiger partial charge in [-0.3, -0.25) is 14.2 Å². The number of rotatable bonds is 4. The summed E-state index contributed by atoms with van der Waals surface area (Å²) in [5.74, 6) is 0.845. The zero-order valence-electron chi connectivity index (χ0n) is 18.6. The fourth-order valence-electron chi connectivity index (χ4n) is 3.97. The SMILES string of the molecule is Cc1ccc2c(c1)N(C(=O)CSc1nc3ccsc3c(=O)n1-c1cccc(C)c1C)CCO2. The number of fused-ring (bicyclic) bond motifs is 2. The van der Waals surface area contributed by atoms with Crippen LogP contribution < -0.4 is 15.2 Å². The van der Waals surface area contributed by atoms with Crippen molar-refractivity contribution in [3.05, 3.63) is 74.9 Å². The van der Waals surface area contributed by atoms with E-state index in [-0.39, 0.29) is 17.2 Å². The summed E-state index contributed by atoms with van der Waals surface area (Å²) in [5, 5.41) is 2.39. The molecule has 0 N–H and O–H groups in total. The minimum absolute atomic E-state index is 0.0395. The molecule has 0 spiro atoms. The van der Waals surface area contributed by atoms with Gasteiger partial charge in [-0.05, 0) is 67.1 Å². The van der Waals surface area contributed by atoms with E-state index < -0.39 is 0 Å². The Morgan fingerprint density at radius 2 is 2.00 bits per heavy atom. The largest absolute Gasteiger partial charge is 0.490 e. The third-order valence-electron chi connectivity index (χ3n) is 5.87. The highest BCUT2D eigenvalue weighted by Gasteiger charge is 2.25. The number of hydrogen-bond donors (Lipinski definition) is 0. The Morgan fingerprint density at radius 3 is 2.85 bits per heavy atom. The van der Waals surface area contributed by atoms with Gasteiger partial charge >= 0.3 is 0 Å². The van der Waals surface area contributed by atoms with E-state index in [1.165, 1.54) is 23.1 Å². The van der Waals surface area contributed by atoms with Crippen LogP contribution in [-0.4, -0.2) is 34.4 Å². The number of carbonyl (C=O) groups excluding carboxylic acids is 1. The minimum Gasteiger partial charge on any atom is -0.490 e. The molecule has 3 heterocycles. The summed E-state index contributed by atoms with van der Waals surface area (Å²) in [7, 11) is 0. The molecule has 0 fully saturated rings. The molecule has 168 valence electrons. The van der Waals surface area contributed by atoms with Gasteiger partial charge in [0, 0.05) is 0 Å². The minimum atomic E-state index is -0.106. The summed E-state index contributed by atoms with van der Waals surface area (Å²) in [6.07, 6.45) is 0. The zero-order chi connectivity index (χ0) is 23.1. The highest BCUT2D eigenvalue weighted by atomic mass is 32.2. The van der Waals surface area contributed by atoms with E-state index >= 15 is 0 Å². The normalized spacial score (nSPS) is 13.1. The van der Waals surface area contributed by atoms with Gasteiger partial charge in [-0.1, -0.05) is 30.0 Å². The topological polar surface area (TPSA) is 64.4 Å². The quantitative estimate of drug-likeness (QED) is 0.309. The van der Waals surface area contributed by atoms with Crippen molar-refractivity contribution in [3.8, 4) is 11.4 Å². The number of amides is 1. The Kier molecular flexibility index (Phi) is 5.72. The highest BCUT2D eigenvalue weighted by molar-refractivity contribution is 7.99. The van der Waals surface area contributed by atoms with Crippen molar-refractivity contribution in [2.24, 2.45) is 0 Å². The van der Waals surface area contributed by atoms with Crippen molar-refractivity contribution in [2.45, 2.75) is 25.9 Å². The van der Waals surface area contributed by atoms with Crippen molar-refractivity contribution in [1.82, 2.24) is 9.55 Å². The second kappa shape index (κ2) is 8.68. The van der Waals surface area contributed by atoms with Crippen LogP contribution >= 0.6 is 23.1 Å². The van der Waals surface area contributed by atoms with E-state index in [9.17, 15) is 9.59 Å². The lowest BCUT2D eigenvalue weighted by atomic mass is 10.1. The molecule has 0 radical (unpaired) electrons. The van der Waals surface area contributed by atoms with E-state index in [4.69, 9.17) is 9.72 Å². The van der Waals surface area contributed by atoms with E-state index in [2.05, 4.69) is 0 Å². The number of anilines is 1. The molecule has 5 rings (SSSR count). The molecule has 0 unspecified atom stereocenters. The third-order valence-corrected chi connectivity index (χ3v) is 7.68. The summed E-state index contributed by atoms with van der Waals surface area (Å²) < 4.78 is 7.98. The van der Waals surface area contributed by atoms with Crippen LogP contribution in [0.5, 0.6) is 5.75 Å². The predicted octanol–water partition coefficient (Wildman–Crippen LogP) is 4.89. The molecular formula is C25H23N3O3S2. The first-order chi connectivity index (χ1) is 15.9. The average molecular weight is 478 g/mol. The first-order valence-corrected chi connectivity index (χ1v) is 12.5.